The Kier molecular flexibility index (Phi) is 4.74. The molecule has 0 radical (unpaired) electrons. The van der Waals surface area contributed by atoms with Crippen molar-refractivity contribution in [2.45, 2.75) is 12.5 Å². The Bertz CT molecular complexity index is 1060. The second kappa shape index (κ2) is 7.34. The molecule has 1 atom stereocenters. The summed E-state index contributed by atoms with van der Waals surface area (Å²) in [7, 11) is 3.22. The van der Waals surface area contributed by atoms with Gasteiger partial charge in [-0.15, -0.1) is 10.2 Å². The molecule has 0 aliphatic rings. The van der Waals surface area contributed by atoms with Gasteiger partial charge in [-0.2, -0.15) is 9.61 Å². The van der Waals surface area contributed by atoms with Gasteiger partial charge >= 0.3 is 0 Å². The zero-order chi connectivity index (χ0) is 18.8. The molecule has 0 fully saturated rings. The Labute approximate surface area is 160 Å². The van der Waals surface area contributed by atoms with Crippen LogP contribution in [0, 0.1) is 0 Å². The molecule has 0 spiro atoms. The van der Waals surface area contributed by atoms with E-state index in [-0.39, 0.29) is 6.04 Å². The van der Waals surface area contributed by atoms with E-state index in [1.54, 1.807) is 18.7 Å². The minimum Gasteiger partial charge on any atom is -0.493 e. The lowest BCUT2D eigenvalue weighted by atomic mass is 10.0. The summed E-state index contributed by atoms with van der Waals surface area (Å²) in [5.74, 6) is 2.07. The fourth-order valence-corrected chi connectivity index (χ4v) is 3.79. The monoisotopic (exact) mass is 381 g/mol. The van der Waals surface area contributed by atoms with E-state index in [1.165, 1.54) is 11.3 Å². The van der Waals surface area contributed by atoms with Gasteiger partial charge in [0.25, 0.3) is 0 Å². The third-order valence-electron chi connectivity index (χ3n) is 4.29. The van der Waals surface area contributed by atoms with Crippen molar-refractivity contribution in [2.24, 2.45) is 5.73 Å². The lowest BCUT2D eigenvalue weighted by molar-refractivity contribution is 0.354. The first kappa shape index (κ1) is 17.4. The van der Waals surface area contributed by atoms with Crippen LogP contribution in [0.15, 0.2) is 48.5 Å². The lowest BCUT2D eigenvalue weighted by Gasteiger charge is -2.13. The molecule has 2 aromatic carbocycles. The quantitative estimate of drug-likeness (QED) is 0.552. The maximum absolute atomic E-state index is 6.41. The van der Waals surface area contributed by atoms with Crippen LogP contribution in [0.5, 0.6) is 11.5 Å². The van der Waals surface area contributed by atoms with Crippen LogP contribution in [0.3, 0.4) is 0 Å². The van der Waals surface area contributed by atoms with E-state index in [9.17, 15) is 0 Å². The number of hydrogen-bond acceptors (Lipinski definition) is 7. The average molecular weight is 381 g/mol. The number of nitrogens with zero attached hydrogens (tertiary/aromatic N) is 4. The minimum atomic E-state index is -0.214. The van der Waals surface area contributed by atoms with Gasteiger partial charge in [-0.25, -0.2) is 0 Å². The fraction of sp³-hybridized carbons (Fsp3) is 0.211. The van der Waals surface area contributed by atoms with Gasteiger partial charge in [0.1, 0.15) is 5.01 Å². The first-order chi connectivity index (χ1) is 13.2. The predicted molar refractivity (Wildman–Crippen MR) is 104 cm³/mol. The highest BCUT2D eigenvalue weighted by Crippen LogP contribution is 2.31. The molecule has 8 heteroatoms. The summed E-state index contributed by atoms with van der Waals surface area (Å²) in [6, 6.07) is 15.4. The Balaban J connectivity index is 1.59. The van der Waals surface area contributed by atoms with Crippen LogP contribution < -0.4 is 15.2 Å². The van der Waals surface area contributed by atoms with Crippen LogP contribution in [0.1, 0.15) is 16.6 Å². The van der Waals surface area contributed by atoms with Crippen molar-refractivity contribution in [3.05, 3.63) is 59.1 Å². The third kappa shape index (κ3) is 3.36. The first-order valence-corrected chi connectivity index (χ1v) is 9.25. The van der Waals surface area contributed by atoms with E-state index in [0.29, 0.717) is 17.9 Å². The van der Waals surface area contributed by atoms with Gasteiger partial charge in [0.05, 0.1) is 14.2 Å². The molecule has 0 saturated heterocycles. The highest BCUT2D eigenvalue weighted by molar-refractivity contribution is 7.16. The number of rotatable bonds is 6. The number of hydrogen-bond donors (Lipinski definition) is 1. The molecule has 2 aromatic heterocycles. The van der Waals surface area contributed by atoms with E-state index < -0.39 is 0 Å². The number of benzene rings is 2. The Morgan fingerprint density at radius 1 is 1.04 bits per heavy atom. The van der Waals surface area contributed by atoms with Crippen LogP contribution in [0.4, 0.5) is 0 Å². The van der Waals surface area contributed by atoms with Crippen LogP contribution in [0.25, 0.3) is 16.3 Å². The molecule has 2 N–H and O–H groups in total. The molecule has 4 aromatic rings. The third-order valence-corrected chi connectivity index (χ3v) is 5.22. The average Bonchev–Trinajstić information content (AvgIpc) is 3.28. The molecule has 0 aliphatic carbocycles. The Hall–Kier alpha value is -2.97. The number of nitrogens with two attached hydrogens (primary N) is 1. The van der Waals surface area contributed by atoms with Crippen molar-refractivity contribution < 1.29 is 9.47 Å². The summed E-state index contributed by atoms with van der Waals surface area (Å²) in [6.07, 6.45) is 0.595. The summed E-state index contributed by atoms with van der Waals surface area (Å²) >= 11 is 1.50. The van der Waals surface area contributed by atoms with E-state index in [2.05, 4.69) is 15.3 Å². The van der Waals surface area contributed by atoms with Gasteiger partial charge in [-0.3, -0.25) is 0 Å². The fourth-order valence-electron chi connectivity index (χ4n) is 2.90. The van der Waals surface area contributed by atoms with Gasteiger partial charge in [0.15, 0.2) is 17.3 Å². The van der Waals surface area contributed by atoms with Gasteiger partial charge in [-0.05, 0) is 17.7 Å². The number of methoxy groups -OCH3 is 2. The summed E-state index contributed by atoms with van der Waals surface area (Å²) in [6.45, 7) is 0. The molecule has 1 unspecified atom stereocenters. The van der Waals surface area contributed by atoms with E-state index >= 15 is 0 Å². The van der Waals surface area contributed by atoms with Crippen LogP contribution >= 0.6 is 11.3 Å². The maximum Gasteiger partial charge on any atom is 0.234 e. The van der Waals surface area contributed by atoms with E-state index in [4.69, 9.17) is 15.2 Å². The summed E-state index contributed by atoms with van der Waals surface area (Å²) < 4.78 is 12.4. The standard InChI is InChI=1S/C19H19N5O2S/c1-25-15-9-8-13(10-16(15)26-2)14(20)11-17-23-24-18(21-22-19(24)27-17)12-6-4-3-5-7-12/h3-10,14H,11,20H2,1-2H3. The van der Waals surface area contributed by atoms with Crippen molar-refractivity contribution in [3.8, 4) is 22.9 Å². The molecule has 138 valence electrons. The highest BCUT2D eigenvalue weighted by atomic mass is 32.1. The number of fused-ring (bicyclic) bond motifs is 1. The van der Waals surface area contributed by atoms with Crippen molar-refractivity contribution in [1.82, 2.24) is 19.8 Å². The molecule has 0 bridgehead atoms. The normalized spacial score (nSPS) is 12.3. The minimum absolute atomic E-state index is 0.214. The smallest absolute Gasteiger partial charge is 0.234 e. The first-order valence-electron chi connectivity index (χ1n) is 8.43. The molecule has 0 saturated carbocycles. The van der Waals surface area contributed by atoms with Gasteiger partial charge in [0, 0.05) is 18.0 Å². The van der Waals surface area contributed by atoms with E-state index in [0.717, 1.165) is 26.9 Å². The number of ether oxygens (including phenoxy) is 2. The second-order valence-corrected chi connectivity index (χ2v) is 7.05. The van der Waals surface area contributed by atoms with Gasteiger partial charge < -0.3 is 15.2 Å². The summed E-state index contributed by atoms with van der Waals surface area (Å²) in [5.41, 5.74) is 8.34. The van der Waals surface area contributed by atoms with E-state index in [1.807, 2.05) is 48.5 Å². The maximum atomic E-state index is 6.41. The zero-order valence-corrected chi connectivity index (χ0v) is 15.8. The Morgan fingerprint density at radius 3 is 2.56 bits per heavy atom. The van der Waals surface area contributed by atoms with Gasteiger partial charge in [0.2, 0.25) is 4.96 Å². The number of aromatic nitrogens is 4. The van der Waals surface area contributed by atoms with Crippen molar-refractivity contribution in [3.63, 3.8) is 0 Å². The summed E-state index contributed by atoms with van der Waals surface area (Å²) in [4.78, 5) is 0.753. The van der Waals surface area contributed by atoms with Crippen LogP contribution in [0.2, 0.25) is 0 Å². The molecule has 27 heavy (non-hydrogen) atoms. The lowest BCUT2D eigenvalue weighted by Crippen LogP contribution is -2.13. The molecular formula is C19H19N5O2S. The summed E-state index contributed by atoms with van der Waals surface area (Å²) in [5, 5.41) is 14.0. The SMILES string of the molecule is COc1ccc(C(N)Cc2nn3c(-c4ccccc4)nnc3s2)cc1OC. The van der Waals surface area contributed by atoms with Crippen LogP contribution in [-0.2, 0) is 6.42 Å². The molecular weight excluding hydrogens is 362 g/mol. The highest BCUT2D eigenvalue weighted by Gasteiger charge is 2.17. The topological polar surface area (TPSA) is 87.6 Å². The van der Waals surface area contributed by atoms with Crippen LogP contribution in [-0.4, -0.2) is 34.0 Å². The largest absolute Gasteiger partial charge is 0.493 e. The molecule has 7 nitrogen and oxygen atoms in total. The molecule has 2 heterocycles. The molecule has 0 amide bonds. The van der Waals surface area contributed by atoms with Gasteiger partial charge in [-0.1, -0.05) is 47.7 Å². The zero-order valence-electron chi connectivity index (χ0n) is 15.0. The van der Waals surface area contributed by atoms with Crippen molar-refractivity contribution >= 4 is 16.3 Å². The predicted octanol–water partition coefficient (Wildman–Crippen LogP) is 3.11. The Morgan fingerprint density at radius 2 is 1.81 bits per heavy atom. The molecule has 4 rings (SSSR count). The molecule has 0 aliphatic heterocycles. The van der Waals surface area contributed by atoms with Crippen molar-refractivity contribution in [1.29, 1.82) is 0 Å². The second-order valence-electron chi connectivity index (χ2n) is 6.00. The van der Waals surface area contributed by atoms with Crippen molar-refractivity contribution in [2.75, 3.05) is 14.2 Å².